The minimum atomic E-state index is -4.22. The molecular formula is C23H24FN3O3S. The molecule has 31 heavy (non-hydrogen) atoms. The average molecular weight is 442 g/mol. The number of hydrogen-bond acceptors (Lipinski definition) is 3. The molecule has 1 fully saturated rings. The number of benzene rings is 2. The van der Waals surface area contributed by atoms with E-state index in [-0.39, 0.29) is 23.7 Å². The van der Waals surface area contributed by atoms with Crippen LogP contribution in [0.5, 0.6) is 0 Å². The minimum Gasteiger partial charge on any atom is -0.273 e. The van der Waals surface area contributed by atoms with Crippen molar-refractivity contribution in [1.82, 2.24) is 14.5 Å². The van der Waals surface area contributed by atoms with Gasteiger partial charge in [0, 0.05) is 18.7 Å². The fourth-order valence-corrected chi connectivity index (χ4v) is 5.96. The van der Waals surface area contributed by atoms with Crippen molar-refractivity contribution >= 4 is 10.3 Å². The summed E-state index contributed by atoms with van der Waals surface area (Å²) in [5.41, 5.74) is 6.08. The molecule has 8 heteroatoms. The second-order valence-electron chi connectivity index (χ2n) is 8.65. The molecule has 1 saturated carbocycles. The summed E-state index contributed by atoms with van der Waals surface area (Å²) in [4.78, 5) is 0. The van der Waals surface area contributed by atoms with Crippen molar-refractivity contribution in [2.24, 2.45) is 18.9 Å². The first-order chi connectivity index (χ1) is 14.8. The van der Waals surface area contributed by atoms with Crippen LogP contribution in [0.1, 0.15) is 24.0 Å². The molecule has 3 atom stereocenters. The van der Waals surface area contributed by atoms with E-state index in [0.29, 0.717) is 0 Å². The van der Waals surface area contributed by atoms with Crippen molar-refractivity contribution in [3.8, 4) is 22.5 Å². The molecule has 2 aliphatic carbocycles. The van der Waals surface area contributed by atoms with Crippen LogP contribution in [0, 0.1) is 17.7 Å². The van der Waals surface area contributed by atoms with Gasteiger partial charge in [0.1, 0.15) is 5.82 Å². The molecule has 0 saturated heterocycles. The second-order valence-corrected chi connectivity index (χ2v) is 9.84. The molecule has 2 N–H and O–H groups in total. The fraction of sp³-hybridized carbons (Fsp3) is 0.348. The third-order valence-electron chi connectivity index (χ3n) is 6.70. The second kappa shape index (κ2) is 7.55. The van der Waals surface area contributed by atoms with Crippen LogP contribution in [-0.2, 0) is 30.2 Å². The number of hydrogen-bond donors (Lipinski definition) is 2. The van der Waals surface area contributed by atoms with E-state index in [4.69, 9.17) is 0 Å². The molecule has 2 aliphatic rings. The lowest BCUT2D eigenvalue weighted by Crippen LogP contribution is -2.41. The van der Waals surface area contributed by atoms with Crippen molar-refractivity contribution in [2.75, 3.05) is 0 Å². The Balaban J connectivity index is 1.46. The molecule has 0 unspecified atom stereocenters. The third kappa shape index (κ3) is 4.03. The molecule has 3 aromatic rings. The Morgan fingerprint density at radius 2 is 1.65 bits per heavy atom. The Labute approximate surface area is 181 Å². The maximum absolute atomic E-state index is 13.3. The topological polar surface area (TPSA) is 84.2 Å². The minimum absolute atomic E-state index is 0.168. The van der Waals surface area contributed by atoms with Gasteiger partial charge in [-0.1, -0.05) is 12.1 Å². The Morgan fingerprint density at radius 1 is 1.00 bits per heavy atom. The van der Waals surface area contributed by atoms with Gasteiger partial charge in [0.25, 0.3) is 0 Å². The molecule has 0 amide bonds. The first-order valence-electron chi connectivity index (χ1n) is 10.4. The summed E-state index contributed by atoms with van der Waals surface area (Å²) in [5.74, 6) is 0.0915. The summed E-state index contributed by atoms with van der Waals surface area (Å²) < 4.78 is 49.7. The molecule has 0 radical (unpaired) electrons. The summed E-state index contributed by atoms with van der Waals surface area (Å²) in [7, 11) is -2.35. The van der Waals surface area contributed by atoms with Crippen molar-refractivity contribution in [3.63, 3.8) is 0 Å². The van der Waals surface area contributed by atoms with E-state index < -0.39 is 10.3 Å². The van der Waals surface area contributed by atoms with E-state index in [2.05, 4.69) is 28.0 Å². The zero-order valence-electron chi connectivity index (χ0n) is 17.1. The molecule has 1 aromatic heterocycles. The highest BCUT2D eigenvalue weighted by atomic mass is 32.2. The van der Waals surface area contributed by atoms with E-state index in [0.717, 1.165) is 48.2 Å². The number of aromatic nitrogens is 2. The maximum Gasteiger partial charge on any atom is 0.333 e. The molecule has 2 aromatic carbocycles. The third-order valence-corrected chi connectivity index (χ3v) is 7.27. The van der Waals surface area contributed by atoms with Crippen molar-refractivity contribution in [2.45, 2.75) is 31.7 Å². The van der Waals surface area contributed by atoms with Crippen LogP contribution in [0.15, 0.2) is 48.5 Å². The van der Waals surface area contributed by atoms with E-state index >= 15 is 0 Å². The van der Waals surface area contributed by atoms with Crippen LogP contribution in [0.3, 0.4) is 0 Å². The van der Waals surface area contributed by atoms with Gasteiger partial charge in [-0.2, -0.15) is 18.2 Å². The monoisotopic (exact) mass is 441 g/mol. The Hall–Kier alpha value is -2.55. The zero-order valence-corrected chi connectivity index (χ0v) is 17.9. The smallest absolute Gasteiger partial charge is 0.273 e. The van der Waals surface area contributed by atoms with E-state index in [1.54, 1.807) is 16.8 Å². The molecule has 6 nitrogen and oxygen atoms in total. The highest BCUT2D eigenvalue weighted by molar-refractivity contribution is 7.83. The zero-order chi connectivity index (χ0) is 21.8. The SMILES string of the molecule is Cn1nc(-c2ccc3c(c2)C[C@H]2CC[C@@H](C3)[C@H]2NS(=O)(=O)O)cc1-c1ccc(F)cc1. The molecule has 2 bridgehead atoms. The van der Waals surface area contributed by atoms with Gasteiger partial charge in [-0.3, -0.25) is 9.23 Å². The number of halogens is 1. The summed E-state index contributed by atoms with van der Waals surface area (Å²) in [6.45, 7) is 0. The average Bonchev–Trinajstić information content (AvgIpc) is 3.21. The number of aryl methyl sites for hydroxylation is 1. The van der Waals surface area contributed by atoms with Crippen LogP contribution >= 0.6 is 0 Å². The molecule has 162 valence electrons. The predicted octanol–water partition coefficient (Wildman–Crippen LogP) is 3.78. The Kier molecular flexibility index (Phi) is 4.96. The van der Waals surface area contributed by atoms with Crippen molar-refractivity contribution in [1.29, 1.82) is 0 Å². The van der Waals surface area contributed by atoms with Crippen molar-refractivity contribution in [3.05, 3.63) is 65.5 Å². The van der Waals surface area contributed by atoms with Gasteiger partial charge in [-0.05, 0) is 90.6 Å². The number of fused-ring (bicyclic) bond motifs is 3. The highest BCUT2D eigenvalue weighted by Crippen LogP contribution is 2.41. The van der Waals surface area contributed by atoms with Gasteiger partial charge in [0.2, 0.25) is 0 Å². The maximum atomic E-state index is 13.3. The van der Waals surface area contributed by atoms with E-state index in [9.17, 15) is 17.4 Å². The number of rotatable bonds is 4. The molecular weight excluding hydrogens is 417 g/mol. The van der Waals surface area contributed by atoms with Crippen LogP contribution in [0.4, 0.5) is 4.39 Å². The fourth-order valence-electron chi connectivity index (χ4n) is 5.23. The standard InChI is InChI=1S/C23H24FN3O3S/c1-27-22(14-6-8-20(24)9-7-14)13-21(25-27)16-3-2-15-10-17-4-5-18(12-19(15)11-16)23(17)26-31(28,29)30/h2-3,6-9,11,13,17-18,23,26H,4-5,10,12H2,1H3,(H,28,29,30)/t17-,18+,23+/m0/s1. The first kappa shape index (κ1) is 20.4. The van der Waals surface area contributed by atoms with Crippen LogP contribution < -0.4 is 4.72 Å². The van der Waals surface area contributed by atoms with Gasteiger partial charge in [0.15, 0.2) is 0 Å². The normalized spacial score (nSPS) is 22.9. The lowest BCUT2D eigenvalue weighted by atomic mass is 9.91. The number of nitrogens with zero attached hydrogens (tertiary/aromatic N) is 2. The van der Waals surface area contributed by atoms with Gasteiger partial charge in [-0.25, -0.2) is 4.39 Å². The van der Waals surface area contributed by atoms with Gasteiger partial charge in [0.05, 0.1) is 11.4 Å². The van der Waals surface area contributed by atoms with E-state index in [1.807, 2.05) is 13.1 Å². The van der Waals surface area contributed by atoms with Crippen LogP contribution in [0.25, 0.3) is 22.5 Å². The quantitative estimate of drug-likeness (QED) is 0.604. The van der Waals surface area contributed by atoms with Crippen LogP contribution in [0.2, 0.25) is 0 Å². The molecule has 1 heterocycles. The lowest BCUT2D eigenvalue weighted by molar-refractivity contribution is 0.365. The largest absolute Gasteiger partial charge is 0.333 e. The molecule has 5 rings (SSSR count). The van der Waals surface area contributed by atoms with Gasteiger partial charge in [-0.15, -0.1) is 0 Å². The van der Waals surface area contributed by atoms with Gasteiger partial charge < -0.3 is 0 Å². The summed E-state index contributed by atoms with van der Waals surface area (Å²) in [6.07, 6.45) is 3.47. The van der Waals surface area contributed by atoms with Gasteiger partial charge >= 0.3 is 10.3 Å². The highest BCUT2D eigenvalue weighted by Gasteiger charge is 2.40. The lowest BCUT2D eigenvalue weighted by Gasteiger charge is -2.21. The molecule has 0 spiro atoms. The number of nitrogens with one attached hydrogen (secondary N) is 1. The Bertz CT molecular complexity index is 1240. The van der Waals surface area contributed by atoms with E-state index in [1.165, 1.54) is 23.3 Å². The Morgan fingerprint density at radius 3 is 2.32 bits per heavy atom. The summed E-state index contributed by atoms with van der Waals surface area (Å²) in [6, 6.07) is 14.5. The summed E-state index contributed by atoms with van der Waals surface area (Å²) >= 11 is 0. The van der Waals surface area contributed by atoms with Crippen molar-refractivity contribution < 1.29 is 17.4 Å². The summed E-state index contributed by atoms with van der Waals surface area (Å²) in [5, 5.41) is 4.66. The first-order valence-corrected chi connectivity index (χ1v) is 11.9. The molecule has 0 aliphatic heterocycles. The predicted molar refractivity (Wildman–Crippen MR) is 116 cm³/mol. The van der Waals surface area contributed by atoms with Crippen LogP contribution in [-0.4, -0.2) is 28.8 Å².